The van der Waals surface area contributed by atoms with E-state index in [4.69, 9.17) is 0 Å². The highest BCUT2D eigenvalue weighted by Gasteiger charge is 2.33. The van der Waals surface area contributed by atoms with E-state index in [2.05, 4.69) is 10.3 Å². The van der Waals surface area contributed by atoms with E-state index in [0.29, 0.717) is 18.5 Å². The van der Waals surface area contributed by atoms with Crippen molar-refractivity contribution in [2.24, 2.45) is 11.8 Å². The van der Waals surface area contributed by atoms with Crippen molar-refractivity contribution in [3.05, 3.63) is 67.0 Å². The third kappa shape index (κ3) is 3.33. The number of allylic oxidation sites excluding steroid dienone is 2. The number of carboxylic acids is 1. The predicted molar refractivity (Wildman–Crippen MR) is 103 cm³/mol. The number of carbonyl (C=O) groups is 2. The Balaban J connectivity index is 1.52. The number of nitrogens with one attached hydrogen (secondary N) is 1. The van der Waals surface area contributed by atoms with Crippen LogP contribution in [0.4, 0.5) is 5.69 Å². The molecule has 1 heterocycles. The van der Waals surface area contributed by atoms with E-state index < -0.39 is 17.8 Å². The van der Waals surface area contributed by atoms with Gasteiger partial charge in [-0.2, -0.15) is 0 Å². The quantitative estimate of drug-likeness (QED) is 0.695. The number of hydrogen-bond donors (Lipinski definition) is 2. The molecule has 0 saturated heterocycles. The van der Waals surface area contributed by atoms with E-state index in [-0.39, 0.29) is 5.91 Å². The van der Waals surface area contributed by atoms with Crippen LogP contribution in [0.5, 0.6) is 0 Å². The van der Waals surface area contributed by atoms with Gasteiger partial charge in [0.15, 0.2) is 0 Å². The molecule has 0 saturated carbocycles. The molecule has 0 unspecified atom stereocenters. The Morgan fingerprint density at radius 1 is 1.00 bits per heavy atom. The molecule has 136 valence electrons. The number of carboxylic acid groups (broad SMARTS) is 1. The van der Waals surface area contributed by atoms with Gasteiger partial charge in [0.2, 0.25) is 5.91 Å². The Hall–Kier alpha value is -3.41. The lowest BCUT2D eigenvalue weighted by molar-refractivity contribution is -0.146. The van der Waals surface area contributed by atoms with Crippen LogP contribution in [0.15, 0.2) is 67.0 Å². The van der Waals surface area contributed by atoms with E-state index in [1.165, 1.54) is 0 Å². The van der Waals surface area contributed by atoms with Crippen molar-refractivity contribution in [1.82, 2.24) is 9.55 Å². The Labute approximate surface area is 156 Å². The first-order valence-electron chi connectivity index (χ1n) is 8.84. The Bertz CT molecular complexity index is 1020. The molecule has 0 spiro atoms. The van der Waals surface area contributed by atoms with E-state index in [1.807, 2.05) is 65.3 Å². The Kier molecular flexibility index (Phi) is 4.46. The number of amides is 1. The number of carbonyl (C=O) groups excluding carboxylic acids is 1. The molecule has 0 fully saturated rings. The van der Waals surface area contributed by atoms with Gasteiger partial charge in [0.25, 0.3) is 0 Å². The molecule has 0 aliphatic heterocycles. The fourth-order valence-electron chi connectivity index (χ4n) is 3.48. The molecule has 6 heteroatoms. The molecule has 2 aromatic carbocycles. The van der Waals surface area contributed by atoms with Gasteiger partial charge in [-0.3, -0.25) is 14.2 Å². The molecular weight excluding hydrogens is 342 g/mol. The van der Waals surface area contributed by atoms with Crippen LogP contribution >= 0.6 is 0 Å². The second-order valence-corrected chi connectivity index (χ2v) is 6.63. The zero-order valence-corrected chi connectivity index (χ0v) is 14.6. The number of fused-ring (bicyclic) bond motifs is 1. The van der Waals surface area contributed by atoms with Gasteiger partial charge in [0.1, 0.15) is 6.33 Å². The normalized spacial score (nSPS) is 19.1. The van der Waals surface area contributed by atoms with Gasteiger partial charge >= 0.3 is 5.97 Å². The average Bonchev–Trinajstić information content (AvgIpc) is 3.12. The van der Waals surface area contributed by atoms with Gasteiger partial charge in [0, 0.05) is 11.4 Å². The molecule has 0 bridgehead atoms. The number of benzene rings is 2. The van der Waals surface area contributed by atoms with E-state index in [1.54, 1.807) is 6.33 Å². The van der Waals surface area contributed by atoms with Gasteiger partial charge < -0.3 is 10.4 Å². The smallest absolute Gasteiger partial charge is 0.307 e. The third-order valence-electron chi connectivity index (χ3n) is 4.95. The SMILES string of the molecule is O=C(Nc1ccc(-n2cnc3ccccc32)cc1)[C@H]1CC=CC[C@H]1C(=O)O. The van der Waals surface area contributed by atoms with Crippen LogP contribution in [0.3, 0.4) is 0 Å². The molecule has 3 aromatic rings. The fourth-order valence-corrected chi connectivity index (χ4v) is 3.48. The van der Waals surface area contributed by atoms with Crippen LogP contribution in [-0.2, 0) is 9.59 Å². The number of hydrogen-bond acceptors (Lipinski definition) is 3. The number of nitrogens with zero attached hydrogens (tertiary/aromatic N) is 2. The van der Waals surface area contributed by atoms with Crippen molar-refractivity contribution < 1.29 is 14.7 Å². The number of aromatic nitrogens is 2. The Morgan fingerprint density at radius 2 is 1.70 bits per heavy atom. The summed E-state index contributed by atoms with van der Waals surface area (Å²) in [5.41, 5.74) is 3.50. The van der Waals surface area contributed by atoms with Gasteiger partial charge in [-0.05, 0) is 49.2 Å². The molecule has 1 aromatic heterocycles. The average molecular weight is 361 g/mol. The fraction of sp³-hybridized carbons (Fsp3) is 0.190. The highest BCUT2D eigenvalue weighted by atomic mass is 16.4. The maximum absolute atomic E-state index is 12.5. The molecule has 1 aliphatic rings. The van der Waals surface area contributed by atoms with Gasteiger partial charge in [-0.1, -0.05) is 24.3 Å². The highest BCUT2D eigenvalue weighted by molar-refractivity contribution is 5.95. The van der Waals surface area contributed by atoms with Crippen molar-refractivity contribution in [1.29, 1.82) is 0 Å². The second kappa shape index (κ2) is 7.07. The summed E-state index contributed by atoms with van der Waals surface area (Å²) < 4.78 is 1.98. The minimum atomic E-state index is -0.929. The molecule has 0 radical (unpaired) electrons. The van der Waals surface area contributed by atoms with E-state index in [9.17, 15) is 14.7 Å². The first kappa shape index (κ1) is 17.0. The number of rotatable bonds is 4. The highest BCUT2D eigenvalue weighted by Crippen LogP contribution is 2.27. The summed E-state index contributed by atoms with van der Waals surface area (Å²) in [5.74, 6) is -2.41. The largest absolute Gasteiger partial charge is 0.481 e. The second-order valence-electron chi connectivity index (χ2n) is 6.63. The summed E-state index contributed by atoms with van der Waals surface area (Å²) >= 11 is 0. The zero-order chi connectivity index (χ0) is 18.8. The Morgan fingerprint density at radius 3 is 2.44 bits per heavy atom. The summed E-state index contributed by atoms with van der Waals surface area (Å²) in [5, 5.41) is 12.2. The standard InChI is InChI=1S/C21H19N3O3/c25-20(16-5-1-2-6-17(16)21(26)27)23-14-9-11-15(12-10-14)24-13-22-18-7-3-4-8-19(18)24/h1-4,7-13,16-17H,5-6H2,(H,23,25)(H,26,27)/t16-,17+/m0/s1. The lowest BCUT2D eigenvalue weighted by atomic mass is 9.82. The van der Waals surface area contributed by atoms with E-state index in [0.717, 1.165) is 16.7 Å². The van der Waals surface area contributed by atoms with Crippen molar-refractivity contribution in [3.8, 4) is 5.69 Å². The van der Waals surface area contributed by atoms with Crippen LogP contribution in [-0.4, -0.2) is 26.5 Å². The van der Waals surface area contributed by atoms with Crippen LogP contribution in [0.2, 0.25) is 0 Å². The van der Waals surface area contributed by atoms with Crippen LogP contribution in [0, 0.1) is 11.8 Å². The lowest BCUT2D eigenvalue weighted by Gasteiger charge is -2.24. The molecule has 4 rings (SSSR count). The molecule has 6 nitrogen and oxygen atoms in total. The summed E-state index contributed by atoms with van der Waals surface area (Å²) in [6, 6.07) is 15.3. The number of imidazole rings is 1. The van der Waals surface area contributed by atoms with Crippen LogP contribution in [0.25, 0.3) is 16.7 Å². The van der Waals surface area contributed by atoms with Crippen molar-refractivity contribution >= 4 is 28.6 Å². The van der Waals surface area contributed by atoms with Crippen molar-refractivity contribution in [2.45, 2.75) is 12.8 Å². The van der Waals surface area contributed by atoms with Gasteiger partial charge in [-0.25, -0.2) is 4.98 Å². The lowest BCUT2D eigenvalue weighted by Crippen LogP contribution is -2.34. The van der Waals surface area contributed by atoms with Crippen LogP contribution < -0.4 is 5.32 Å². The first-order valence-corrected chi connectivity index (χ1v) is 8.84. The summed E-state index contributed by atoms with van der Waals surface area (Å²) in [4.78, 5) is 28.3. The summed E-state index contributed by atoms with van der Waals surface area (Å²) in [6.07, 6.45) is 6.30. The number of aliphatic carboxylic acids is 1. The first-order chi connectivity index (χ1) is 13.1. The third-order valence-corrected chi connectivity index (χ3v) is 4.95. The molecule has 1 aliphatic carbocycles. The monoisotopic (exact) mass is 361 g/mol. The molecule has 2 atom stereocenters. The summed E-state index contributed by atoms with van der Waals surface area (Å²) in [6.45, 7) is 0. The van der Waals surface area contributed by atoms with Gasteiger partial charge in [0.05, 0.1) is 22.9 Å². The minimum absolute atomic E-state index is 0.257. The van der Waals surface area contributed by atoms with Crippen molar-refractivity contribution in [3.63, 3.8) is 0 Å². The predicted octanol–water partition coefficient (Wildman–Crippen LogP) is 3.63. The summed E-state index contributed by atoms with van der Waals surface area (Å²) in [7, 11) is 0. The molecular formula is C21H19N3O3. The maximum atomic E-state index is 12.5. The topological polar surface area (TPSA) is 84.2 Å². The van der Waals surface area contributed by atoms with Gasteiger partial charge in [-0.15, -0.1) is 0 Å². The number of anilines is 1. The maximum Gasteiger partial charge on any atom is 0.307 e. The van der Waals surface area contributed by atoms with Crippen molar-refractivity contribution in [2.75, 3.05) is 5.32 Å². The number of para-hydroxylation sites is 2. The molecule has 2 N–H and O–H groups in total. The molecule has 1 amide bonds. The van der Waals surface area contributed by atoms with Crippen LogP contribution in [0.1, 0.15) is 12.8 Å². The zero-order valence-electron chi connectivity index (χ0n) is 14.6. The van der Waals surface area contributed by atoms with E-state index >= 15 is 0 Å². The molecule has 27 heavy (non-hydrogen) atoms. The minimum Gasteiger partial charge on any atom is -0.481 e.